The van der Waals surface area contributed by atoms with Crippen LogP contribution in [-0.2, 0) is 6.54 Å². The number of hydrogen-bond donors (Lipinski definition) is 2. The molecule has 5 heteroatoms. The summed E-state index contributed by atoms with van der Waals surface area (Å²) in [5.74, 6) is 0.751. The van der Waals surface area contributed by atoms with Crippen molar-refractivity contribution in [1.29, 1.82) is 0 Å². The van der Waals surface area contributed by atoms with Gasteiger partial charge in [-0.1, -0.05) is 0 Å². The number of hydrogen-bond acceptors (Lipinski definition) is 5. The minimum absolute atomic E-state index is 0.615. The highest BCUT2D eigenvalue weighted by atomic mass is 32.2. The molecule has 0 aliphatic heterocycles. The van der Waals surface area contributed by atoms with Crippen LogP contribution >= 0.6 is 23.1 Å². The lowest BCUT2D eigenvalue weighted by Crippen LogP contribution is -2.39. The van der Waals surface area contributed by atoms with Crippen LogP contribution in [0.1, 0.15) is 22.5 Å². The predicted octanol–water partition coefficient (Wildman–Crippen LogP) is 1.96. The molecule has 16 heavy (non-hydrogen) atoms. The highest BCUT2D eigenvalue weighted by Crippen LogP contribution is 2.17. The summed E-state index contributed by atoms with van der Waals surface area (Å²) in [5, 5.41) is 14.4. The van der Waals surface area contributed by atoms with E-state index in [0.717, 1.165) is 23.0 Å². The van der Waals surface area contributed by atoms with Crippen LogP contribution in [0.2, 0.25) is 0 Å². The molecule has 1 aromatic heterocycles. The first-order valence-electron chi connectivity index (χ1n) is 5.29. The van der Waals surface area contributed by atoms with Gasteiger partial charge in [-0.25, -0.2) is 4.98 Å². The number of nitrogens with zero attached hydrogens (tertiary/aromatic N) is 1. The second-order valence-electron chi connectivity index (χ2n) is 4.27. The van der Waals surface area contributed by atoms with Gasteiger partial charge >= 0.3 is 0 Å². The summed E-state index contributed by atoms with van der Waals surface area (Å²) in [7, 11) is 0. The summed E-state index contributed by atoms with van der Waals surface area (Å²) < 4.78 is 0. The van der Waals surface area contributed by atoms with Crippen molar-refractivity contribution in [2.24, 2.45) is 0 Å². The predicted molar refractivity (Wildman–Crippen MR) is 72.3 cm³/mol. The molecule has 0 saturated carbocycles. The van der Waals surface area contributed by atoms with E-state index >= 15 is 0 Å². The molecule has 1 heterocycles. The molecule has 0 saturated heterocycles. The zero-order valence-corrected chi connectivity index (χ0v) is 12.0. The molecule has 0 amide bonds. The second kappa shape index (κ2) is 6.00. The maximum absolute atomic E-state index is 9.97. The molecule has 1 aromatic rings. The van der Waals surface area contributed by atoms with E-state index < -0.39 is 5.60 Å². The van der Waals surface area contributed by atoms with Crippen LogP contribution in [0.25, 0.3) is 0 Å². The summed E-state index contributed by atoms with van der Waals surface area (Å²) in [6.07, 6.45) is 2.01. The average molecular weight is 260 g/mol. The van der Waals surface area contributed by atoms with Crippen molar-refractivity contribution in [3.8, 4) is 0 Å². The van der Waals surface area contributed by atoms with Crippen molar-refractivity contribution in [2.45, 2.75) is 32.9 Å². The van der Waals surface area contributed by atoms with Crippen molar-refractivity contribution >= 4 is 23.1 Å². The van der Waals surface area contributed by atoms with Gasteiger partial charge in [-0.15, -0.1) is 11.3 Å². The number of nitrogens with one attached hydrogen (secondary N) is 1. The Labute approximate surface area is 106 Å². The number of thiazole rings is 1. The van der Waals surface area contributed by atoms with Crippen molar-refractivity contribution < 1.29 is 5.11 Å². The van der Waals surface area contributed by atoms with Gasteiger partial charge in [-0.05, 0) is 27.0 Å². The molecule has 0 fully saturated rings. The number of aryl methyl sites for hydroxylation is 2. The Morgan fingerprint density at radius 2 is 2.19 bits per heavy atom. The molecule has 0 spiro atoms. The van der Waals surface area contributed by atoms with Crippen molar-refractivity contribution in [1.82, 2.24) is 10.3 Å². The fraction of sp³-hybridized carbons (Fsp3) is 0.727. The zero-order chi connectivity index (χ0) is 12.2. The van der Waals surface area contributed by atoms with E-state index in [-0.39, 0.29) is 0 Å². The maximum atomic E-state index is 9.97. The molecule has 0 radical (unpaired) electrons. The van der Waals surface area contributed by atoms with E-state index in [0.29, 0.717) is 6.54 Å². The fourth-order valence-corrected chi connectivity index (χ4v) is 3.18. The van der Waals surface area contributed by atoms with Gasteiger partial charge in [0.15, 0.2) is 0 Å². The Morgan fingerprint density at radius 3 is 2.69 bits per heavy atom. The van der Waals surface area contributed by atoms with Gasteiger partial charge in [0, 0.05) is 23.7 Å². The lowest BCUT2D eigenvalue weighted by atomic mass is 10.1. The van der Waals surface area contributed by atoms with E-state index in [1.54, 1.807) is 23.1 Å². The minimum atomic E-state index is -0.632. The van der Waals surface area contributed by atoms with Gasteiger partial charge in [0.2, 0.25) is 0 Å². The SMILES string of the molecule is CSCC(C)(O)CNCc1sc(C)nc1C. The molecule has 0 aliphatic carbocycles. The average Bonchev–Trinajstić information content (AvgIpc) is 2.44. The number of thioether (sulfide) groups is 1. The first-order valence-corrected chi connectivity index (χ1v) is 7.50. The fourth-order valence-electron chi connectivity index (χ4n) is 1.54. The molecular weight excluding hydrogens is 240 g/mol. The smallest absolute Gasteiger partial charge is 0.0900 e. The molecular formula is C11H20N2OS2. The van der Waals surface area contributed by atoms with Gasteiger partial charge in [0.25, 0.3) is 0 Å². The van der Waals surface area contributed by atoms with Crippen LogP contribution < -0.4 is 5.32 Å². The molecule has 0 aromatic carbocycles. The largest absolute Gasteiger partial charge is 0.388 e. The normalized spacial score (nSPS) is 15.1. The van der Waals surface area contributed by atoms with E-state index in [2.05, 4.69) is 10.3 Å². The number of aliphatic hydroxyl groups is 1. The van der Waals surface area contributed by atoms with Crippen LogP contribution in [0, 0.1) is 13.8 Å². The molecule has 3 nitrogen and oxygen atoms in total. The summed E-state index contributed by atoms with van der Waals surface area (Å²) in [4.78, 5) is 5.64. The topological polar surface area (TPSA) is 45.1 Å². The van der Waals surface area contributed by atoms with Crippen LogP contribution in [0.4, 0.5) is 0 Å². The van der Waals surface area contributed by atoms with Crippen molar-refractivity contribution in [3.63, 3.8) is 0 Å². The van der Waals surface area contributed by atoms with Crippen molar-refractivity contribution in [2.75, 3.05) is 18.6 Å². The summed E-state index contributed by atoms with van der Waals surface area (Å²) in [6, 6.07) is 0. The first-order chi connectivity index (χ1) is 7.44. The second-order valence-corrected chi connectivity index (χ2v) is 6.43. The Balaban J connectivity index is 2.38. The Hall–Kier alpha value is -0.100. The van der Waals surface area contributed by atoms with E-state index in [1.165, 1.54) is 4.88 Å². The molecule has 1 unspecified atom stereocenters. The highest BCUT2D eigenvalue weighted by Gasteiger charge is 2.18. The van der Waals surface area contributed by atoms with Crippen molar-refractivity contribution in [3.05, 3.63) is 15.6 Å². The summed E-state index contributed by atoms with van der Waals surface area (Å²) in [6.45, 7) is 7.32. The van der Waals surface area contributed by atoms with Gasteiger partial charge < -0.3 is 10.4 Å². The molecule has 1 rings (SSSR count). The monoisotopic (exact) mass is 260 g/mol. The third-order valence-electron chi connectivity index (χ3n) is 2.25. The third-order valence-corrected chi connectivity index (χ3v) is 4.23. The molecule has 1 atom stereocenters. The minimum Gasteiger partial charge on any atom is -0.388 e. The Bertz CT molecular complexity index is 337. The standard InChI is InChI=1S/C11H20N2OS2/c1-8-10(16-9(2)13-8)5-12-6-11(3,14)7-15-4/h12,14H,5-7H2,1-4H3. The van der Waals surface area contributed by atoms with Gasteiger partial charge in [0.05, 0.1) is 16.3 Å². The van der Waals surface area contributed by atoms with Gasteiger partial charge in [-0.2, -0.15) is 11.8 Å². The number of aromatic nitrogens is 1. The van der Waals surface area contributed by atoms with Crippen LogP contribution in [0.5, 0.6) is 0 Å². The van der Waals surface area contributed by atoms with E-state index in [1.807, 2.05) is 27.0 Å². The van der Waals surface area contributed by atoms with Gasteiger partial charge in [0.1, 0.15) is 0 Å². The lowest BCUT2D eigenvalue weighted by molar-refractivity contribution is 0.0846. The maximum Gasteiger partial charge on any atom is 0.0900 e. The highest BCUT2D eigenvalue weighted by molar-refractivity contribution is 7.98. The van der Waals surface area contributed by atoms with E-state index in [9.17, 15) is 5.11 Å². The van der Waals surface area contributed by atoms with Gasteiger partial charge in [-0.3, -0.25) is 0 Å². The van der Waals surface area contributed by atoms with Crippen LogP contribution in [0.3, 0.4) is 0 Å². The molecule has 92 valence electrons. The third kappa shape index (κ3) is 4.41. The quantitative estimate of drug-likeness (QED) is 0.821. The van der Waals surface area contributed by atoms with E-state index in [4.69, 9.17) is 0 Å². The zero-order valence-electron chi connectivity index (χ0n) is 10.3. The molecule has 0 aliphatic rings. The number of rotatable bonds is 6. The Morgan fingerprint density at radius 1 is 1.50 bits per heavy atom. The Kier molecular flexibility index (Phi) is 5.24. The van der Waals surface area contributed by atoms with Crippen LogP contribution in [-0.4, -0.2) is 34.2 Å². The van der Waals surface area contributed by atoms with Crippen LogP contribution in [0.15, 0.2) is 0 Å². The summed E-state index contributed by atoms with van der Waals surface area (Å²) in [5.41, 5.74) is 0.465. The lowest BCUT2D eigenvalue weighted by Gasteiger charge is -2.22. The molecule has 2 N–H and O–H groups in total. The molecule has 0 bridgehead atoms. The first kappa shape index (κ1) is 14.0. The summed E-state index contributed by atoms with van der Waals surface area (Å²) >= 11 is 3.38.